The summed E-state index contributed by atoms with van der Waals surface area (Å²) in [6.07, 6.45) is 0.606. The van der Waals surface area contributed by atoms with E-state index in [0.29, 0.717) is 41.9 Å². The van der Waals surface area contributed by atoms with Gasteiger partial charge >= 0.3 is 6.03 Å². The molecule has 0 aromatic heterocycles. The Hall–Kier alpha value is -3.55. The first-order chi connectivity index (χ1) is 15.8. The van der Waals surface area contributed by atoms with Crippen molar-refractivity contribution in [1.82, 2.24) is 4.90 Å². The van der Waals surface area contributed by atoms with Gasteiger partial charge in [0, 0.05) is 12.2 Å². The molecule has 1 atom stereocenters. The average Bonchev–Trinajstić information content (AvgIpc) is 3.02. The highest BCUT2D eigenvalue weighted by molar-refractivity contribution is 6.22. The van der Waals surface area contributed by atoms with Crippen LogP contribution in [0.1, 0.15) is 33.6 Å². The van der Waals surface area contributed by atoms with Crippen LogP contribution >= 0.6 is 0 Å². The number of urea groups is 1. The van der Waals surface area contributed by atoms with Crippen LogP contribution < -0.4 is 19.7 Å². The number of benzene rings is 2. The van der Waals surface area contributed by atoms with Crippen LogP contribution in [0.15, 0.2) is 48.5 Å². The van der Waals surface area contributed by atoms with E-state index in [2.05, 4.69) is 19.2 Å². The van der Waals surface area contributed by atoms with Crippen molar-refractivity contribution in [3.63, 3.8) is 0 Å². The fourth-order valence-corrected chi connectivity index (χ4v) is 3.64. The molecule has 1 fully saturated rings. The lowest BCUT2D eigenvalue weighted by Crippen LogP contribution is -2.39. The third kappa shape index (κ3) is 5.83. The predicted molar refractivity (Wildman–Crippen MR) is 127 cm³/mol. The van der Waals surface area contributed by atoms with E-state index in [-0.39, 0.29) is 12.3 Å². The number of amides is 4. The standard InChI is InChI=1S/C25H31N3O5/c1-5-33-21-10-6-18(7-11-21)26-23(29)16-22-24(30)28(19-8-12-20(32-4)13-9-19)25(31)27(22)15-14-17(2)3/h6-13,17,22H,5,14-16H2,1-4H3,(H,26,29). The molecule has 0 spiro atoms. The van der Waals surface area contributed by atoms with Crippen LogP contribution in [-0.4, -0.2) is 49.0 Å². The van der Waals surface area contributed by atoms with Crippen LogP contribution in [0.25, 0.3) is 0 Å². The molecular formula is C25H31N3O5. The smallest absolute Gasteiger partial charge is 0.332 e. The molecule has 1 heterocycles. The summed E-state index contributed by atoms with van der Waals surface area (Å²) in [4.78, 5) is 41.9. The first kappa shape index (κ1) is 24.1. The quantitative estimate of drug-likeness (QED) is 0.542. The summed E-state index contributed by atoms with van der Waals surface area (Å²) in [7, 11) is 1.55. The van der Waals surface area contributed by atoms with Gasteiger partial charge in [-0.1, -0.05) is 13.8 Å². The molecule has 8 nitrogen and oxygen atoms in total. The number of hydrogen-bond donors (Lipinski definition) is 1. The van der Waals surface area contributed by atoms with Gasteiger partial charge in [-0.3, -0.25) is 9.59 Å². The fourth-order valence-electron chi connectivity index (χ4n) is 3.64. The van der Waals surface area contributed by atoms with Gasteiger partial charge in [-0.2, -0.15) is 0 Å². The number of carbonyl (C=O) groups is 3. The van der Waals surface area contributed by atoms with Crippen molar-refractivity contribution in [3.8, 4) is 11.5 Å². The maximum Gasteiger partial charge on any atom is 0.332 e. The van der Waals surface area contributed by atoms with Crippen molar-refractivity contribution < 1.29 is 23.9 Å². The highest BCUT2D eigenvalue weighted by Crippen LogP contribution is 2.29. The Labute approximate surface area is 194 Å². The molecule has 176 valence electrons. The summed E-state index contributed by atoms with van der Waals surface area (Å²) in [6, 6.07) is 12.5. The molecule has 33 heavy (non-hydrogen) atoms. The van der Waals surface area contributed by atoms with Crippen LogP contribution in [0.4, 0.5) is 16.2 Å². The number of imide groups is 1. The molecule has 0 saturated carbocycles. The van der Waals surface area contributed by atoms with Crippen molar-refractivity contribution in [2.45, 2.75) is 39.7 Å². The Morgan fingerprint density at radius 2 is 1.67 bits per heavy atom. The molecule has 3 rings (SSSR count). The zero-order valence-corrected chi connectivity index (χ0v) is 19.5. The lowest BCUT2D eigenvalue weighted by Gasteiger charge is -2.22. The maximum atomic E-state index is 13.3. The molecule has 2 aromatic rings. The van der Waals surface area contributed by atoms with Crippen molar-refractivity contribution in [2.24, 2.45) is 5.92 Å². The molecule has 1 unspecified atom stereocenters. The van der Waals surface area contributed by atoms with Gasteiger partial charge in [0.2, 0.25) is 5.91 Å². The van der Waals surface area contributed by atoms with Crippen LogP contribution in [0, 0.1) is 5.92 Å². The minimum Gasteiger partial charge on any atom is -0.497 e. The number of anilines is 2. The third-order valence-corrected chi connectivity index (χ3v) is 5.42. The highest BCUT2D eigenvalue weighted by atomic mass is 16.5. The highest BCUT2D eigenvalue weighted by Gasteiger charge is 2.46. The van der Waals surface area contributed by atoms with Crippen molar-refractivity contribution >= 4 is 29.2 Å². The van der Waals surface area contributed by atoms with Crippen molar-refractivity contribution in [1.29, 1.82) is 0 Å². The summed E-state index contributed by atoms with van der Waals surface area (Å²) >= 11 is 0. The lowest BCUT2D eigenvalue weighted by atomic mass is 10.1. The molecular weight excluding hydrogens is 422 g/mol. The van der Waals surface area contributed by atoms with Crippen LogP contribution in [0.2, 0.25) is 0 Å². The van der Waals surface area contributed by atoms with E-state index in [1.807, 2.05) is 6.92 Å². The lowest BCUT2D eigenvalue weighted by molar-refractivity contribution is -0.124. The summed E-state index contributed by atoms with van der Waals surface area (Å²) in [5.74, 6) is 0.941. The molecule has 1 aliphatic rings. The Balaban J connectivity index is 1.76. The molecule has 2 aromatic carbocycles. The summed E-state index contributed by atoms with van der Waals surface area (Å²) < 4.78 is 10.6. The second kappa shape index (κ2) is 10.8. The fraction of sp³-hybridized carbons (Fsp3) is 0.400. The molecule has 1 saturated heterocycles. The van der Waals surface area contributed by atoms with Crippen LogP contribution in [0.5, 0.6) is 11.5 Å². The molecule has 0 radical (unpaired) electrons. The van der Waals surface area contributed by atoms with Crippen LogP contribution in [0.3, 0.4) is 0 Å². The van der Waals surface area contributed by atoms with Crippen LogP contribution in [-0.2, 0) is 9.59 Å². The maximum absolute atomic E-state index is 13.3. The van der Waals surface area contributed by atoms with Crippen molar-refractivity contribution in [3.05, 3.63) is 48.5 Å². The van der Waals surface area contributed by atoms with Gasteiger partial charge in [0.05, 0.1) is 25.8 Å². The Morgan fingerprint density at radius 1 is 1.03 bits per heavy atom. The zero-order chi connectivity index (χ0) is 24.0. The van der Waals surface area contributed by atoms with Gasteiger partial charge in [0.25, 0.3) is 5.91 Å². The van der Waals surface area contributed by atoms with Gasteiger partial charge < -0.3 is 19.7 Å². The normalized spacial score (nSPS) is 15.8. The number of methoxy groups -OCH3 is 1. The van der Waals surface area contributed by atoms with E-state index >= 15 is 0 Å². The molecule has 1 N–H and O–H groups in total. The SMILES string of the molecule is CCOc1ccc(NC(=O)CC2C(=O)N(c3ccc(OC)cc3)C(=O)N2CCC(C)C)cc1. The van der Waals surface area contributed by atoms with E-state index in [1.165, 1.54) is 4.90 Å². The molecule has 1 aliphatic heterocycles. The molecule has 8 heteroatoms. The third-order valence-electron chi connectivity index (χ3n) is 5.42. The Bertz CT molecular complexity index is 973. The monoisotopic (exact) mass is 453 g/mol. The number of nitrogens with one attached hydrogen (secondary N) is 1. The summed E-state index contributed by atoms with van der Waals surface area (Å²) in [5.41, 5.74) is 1.05. The van der Waals surface area contributed by atoms with E-state index in [1.54, 1.807) is 55.6 Å². The van der Waals surface area contributed by atoms with E-state index in [4.69, 9.17) is 9.47 Å². The van der Waals surface area contributed by atoms with Gasteiger partial charge in [0.15, 0.2) is 0 Å². The molecule has 0 aliphatic carbocycles. The second-order valence-corrected chi connectivity index (χ2v) is 8.26. The van der Waals surface area contributed by atoms with Crippen molar-refractivity contribution in [2.75, 3.05) is 30.5 Å². The average molecular weight is 454 g/mol. The van der Waals surface area contributed by atoms with Gasteiger partial charge in [-0.25, -0.2) is 9.69 Å². The first-order valence-electron chi connectivity index (χ1n) is 11.1. The van der Waals surface area contributed by atoms with E-state index < -0.39 is 18.0 Å². The zero-order valence-electron chi connectivity index (χ0n) is 19.5. The minimum atomic E-state index is -0.860. The van der Waals surface area contributed by atoms with E-state index in [9.17, 15) is 14.4 Å². The number of hydrogen-bond acceptors (Lipinski definition) is 5. The van der Waals surface area contributed by atoms with Gasteiger partial charge in [0.1, 0.15) is 17.5 Å². The van der Waals surface area contributed by atoms with E-state index in [0.717, 1.165) is 11.3 Å². The molecule has 0 bridgehead atoms. The summed E-state index contributed by atoms with van der Waals surface area (Å²) in [6.45, 7) is 6.96. The number of carbonyl (C=O) groups excluding carboxylic acids is 3. The molecule has 4 amide bonds. The van der Waals surface area contributed by atoms with Gasteiger partial charge in [-0.05, 0) is 67.8 Å². The number of rotatable bonds is 10. The minimum absolute atomic E-state index is 0.122. The largest absolute Gasteiger partial charge is 0.497 e. The number of ether oxygens (including phenoxy) is 2. The first-order valence-corrected chi connectivity index (χ1v) is 11.1. The van der Waals surface area contributed by atoms with Gasteiger partial charge in [-0.15, -0.1) is 0 Å². The Morgan fingerprint density at radius 3 is 2.24 bits per heavy atom. The topological polar surface area (TPSA) is 88.2 Å². The second-order valence-electron chi connectivity index (χ2n) is 8.26. The predicted octanol–water partition coefficient (Wildman–Crippen LogP) is 4.31. The summed E-state index contributed by atoms with van der Waals surface area (Å²) in [5, 5.41) is 2.81. The number of nitrogens with zero attached hydrogens (tertiary/aromatic N) is 2. The Kier molecular flexibility index (Phi) is 7.92.